The molecule has 1 saturated heterocycles. The van der Waals surface area contributed by atoms with Crippen LogP contribution >= 0.6 is 35.6 Å². The van der Waals surface area contributed by atoms with Crippen LogP contribution < -0.4 is 10.2 Å². The highest BCUT2D eigenvalue weighted by atomic mass is 127. The van der Waals surface area contributed by atoms with Crippen LogP contribution in [0.5, 0.6) is 0 Å². The van der Waals surface area contributed by atoms with E-state index in [-0.39, 0.29) is 24.0 Å². The van der Waals surface area contributed by atoms with Gasteiger partial charge in [-0.25, -0.2) is 0 Å². The first-order chi connectivity index (χ1) is 12.2. The molecule has 0 amide bonds. The number of halogens is 2. The number of guanidine groups is 1. The van der Waals surface area contributed by atoms with Gasteiger partial charge in [0.05, 0.1) is 12.2 Å². The van der Waals surface area contributed by atoms with E-state index in [0.717, 1.165) is 42.9 Å². The Kier molecular flexibility index (Phi) is 7.96. The van der Waals surface area contributed by atoms with E-state index in [9.17, 15) is 0 Å². The molecule has 1 N–H and O–H groups in total. The summed E-state index contributed by atoms with van der Waals surface area (Å²) in [6.45, 7) is 6.51. The molecule has 7 heteroatoms. The molecule has 140 valence electrons. The summed E-state index contributed by atoms with van der Waals surface area (Å²) in [5, 5.41) is 4.21. The summed E-state index contributed by atoms with van der Waals surface area (Å²) in [7, 11) is 1.83. The van der Waals surface area contributed by atoms with E-state index >= 15 is 0 Å². The van der Waals surface area contributed by atoms with Crippen molar-refractivity contribution in [2.75, 3.05) is 38.1 Å². The van der Waals surface area contributed by atoms with Crippen LogP contribution in [0.25, 0.3) is 0 Å². The Hall–Kier alpha value is -1.54. The second-order valence-electron chi connectivity index (χ2n) is 6.12. The number of anilines is 1. The van der Waals surface area contributed by atoms with Gasteiger partial charge in [-0.3, -0.25) is 9.98 Å². The van der Waals surface area contributed by atoms with E-state index < -0.39 is 0 Å². The van der Waals surface area contributed by atoms with Gasteiger partial charge in [0.15, 0.2) is 5.96 Å². The van der Waals surface area contributed by atoms with Crippen LogP contribution in [0.4, 0.5) is 5.69 Å². The van der Waals surface area contributed by atoms with Crippen molar-refractivity contribution in [3.63, 3.8) is 0 Å². The molecule has 5 nitrogen and oxygen atoms in total. The van der Waals surface area contributed by atoms with Crippen molar-refractivity contribution >= 4 is 47.2 Å². The fourth-order valence-corrected chi connectivity index (χ4v) is 3.23. The van der Waals surface area contributed by atoms with Crippen molar-refractivity contribution in [2.24, 2.45) is 4.99 Å². The lowest BCUT2D eigenvalue weighted by atomic mass is 10.2. The Labute approximate surface area is 177 Å². The van der Waals surface area contributed by atoms with Crippen LogP contribution in [0.1, 0.15) is 11.3 Å². The number of rotatable bonds is 3. The third kappa shape index (κ3) is 5.23. The predicted octanol–water partition coefficient (Wildman–Crippen LogP) is 3.56. The molecule has 0 bridgehead atoms. The molecule has 2 aromatic rings. The summed E-state index contributed by atoms with van der Waals surface area (Å²) in [6, 6.07) is 12.1. The van der Waals surface area contributed by atoms with Gasteiger partial charge >= 0.3 is 0 Å². The molecule has 26 heavy (non-hydrogen) atoms. The molecule has 0 unspecified atom stereocenters. The van der Waals surface area contributed by atoms with Crippen LogP contribution in [0.2, 0.25) is 5.02 Å². The van der Waals surface area contributed by atoms with E-state index in [1.807, 2.05) is 37.5 Å². The van der Waals surface area contributed by atoms with Crippen LogP contribution in [0, 0.1) is 6.92 Å². The van der Waals surface area contributed by atoms with Gasteiger partial charge in [-0.15, -0.1) is 24.0 Å². The first-order valence-corrected chi connectivity index (χ1v) is 8.92. The Balaban J connectivity index is 0.00000243. The maximum absolute atomic E-state index is 6.11. The SMILES string of the molecule is CN=C(NCc1ncccc1C)N1CCN(c2cccc(Cl)c2)CC1.I. The Morgan fingerprint density at radius 1 is 1.19 bits per heavy atom. The minimum absolute atomic E-state index is 0. The molecular formula is C19H25ClIN5. The maximum Gasteiger partial charge on any atom is 0.194 e. The van der Waals surface area contributed by atoms with E-state index in [1.165, 1.54) is 11.3 Å². The van der Waals surface area contributed by atoms with Crippen LogP contribution in [-0.2, 0) is 6.54 Å². The Morgan fingerprint density at radius 3 is 2.62 bits per heavy atom. The van der Waals surface area contributed by atoms with Gasteiger partial charge in [0.1, 0.15) is 0 Å². The van der Waals surface area contributed by atoms with Gasteiger partial charge < -0.3 is 15.1 Å². The first kappa shape index (κ1) is 20.8. The van der Waals surface area contributed by atoms with Gasteiger partial charge in [-0.1, -0.05) is 23.7 Å². The second kappa shape index (κ2) is 9.97. The number of aryl methyl sites for hydroxylation is 1. The zero-order valence-electron chi connectivity index (χ0n) is 15.2. The van der Waals surface area contributed by atoms with Gasteiger partial charge in [0.2, 0.25) is 0 Å². The summed E-state index contributed by atoms with van der Waals surface area (Å²) in [4.78, 5) is 13.5. The standard InChI is InChI=1S/C19H24ClN5.HI/c1-15-5-4-8-22-18(15)14-23-19(21-2)25-11-9-24(10-12-25)17-7-3-6-16(20)13-17;/h3-8,13H,9-12,14H2,1-2H3,(H,21,23);1H. The number of aliphatic imine (C=N–C) groups is 1. The molecule has 0 atom stereocenters. The maximum atomic E-state index is 6.11. The van der Waals surface area contributed by atoms with Gasteiger partial charge in [-0.05, 0) is 36.8 Å². The lowest BCUT2D eigenvalue weighted by molar-refractivity contribution is 0.372. The van der Waals surface area contributed by atoms with Crippen LogP contribution in [-0.4, -0.2) is 49.1 Å². The van der Waals surface area contributed by atoms with Crippen LogP contribution in [0.3, 0.4) is 0 Å². The number of piperazine rings is 1. The molecule has 0 saturated carbocycles. The predicted molar refractivity (Wildman–Crippen MR) is 120 cm³/mol. The van der Waals surface area contributed by atoms with Crippen molar-refractivity contribution in [1.82, 2.24) is 15.2 Å². The Morgan fingerprint density at radius 2 is 1.96 bits per heavy atom. The molecule has 2 heterocycles. The smallest absolute Gasteiger partial charge is 0.194 e. The Bertz CT molecular complexity index is 744. The van der Waals surface area contributed by atoms with Gasteiger partial charge in [0, 0.05) is 50.1 Å². The van der Waals surface area contributed by atoms with Gasteiger partial charge in [0.25, 0.3) is 0 Å². The molecule has 0 aliphatic carbocycles. The first-order valence-electron chi connectivity index (χ1n) is 8.54. The molecular weight excluding hydrogens is 461 g/mol. The highest BCUT2D eigenvalue weighted by molar-refractivity contribution is 14.0. The monoisotopic (exact) mass is 485 g/mol. The third-order valence-corrected chi connectivity index (χ3v) is 4.73. The fourth-order valence-electron chi connectivity index (χ4n) is 3.05. The number of nitrogens with one attached hydrogen (secondary N) is 1. The van der Waals surface area contributed by atoms with E-state index in [1.54, 1.807) is 0 Å². The van der Waals surface area contributed by atoms with Crippen molar-refractivity contribution in [3.05, 3.63) is 58.9 Å². The van der Waals surface area contributed by atoms with E-state index in [0.29, 0.717) is 6.54 Å². The molecule has 3 rings (SSSR count). The molecule has 0 spiro atoms. The minimum Gasteiger partial charge on any atom is -0.368 e. The summed E-state index contributed by atoms with van der Waals surface area (Å²) >= 11 is 6.11. The number of hydrogen-bond donors (Lipinski definition) is 1. The highest BCUT2D eigenvalue weighted by Crippen LogP contribution is 2.20. The van der Waals surface area contributed by atoms with Crippen molar-refractivity contribution in [1.29, 1.82) is 0 Å². The topological polar surface area (TPSA) is 43.8 Å². The molecule has 1 aliphatic heterocycles. The number of pyridine rings is 1. The zero-order chi connectivity index (χ0) is 17.6. The quantitative estimate of drug-likeness (QED) is 0.410. The summed E-state index contributed by atoms with van der Waals surface area (Å²) in [5.41, 5.74) is 3.43. The summed E-state index contributed by atoms with van der Waals surface area (Å²) in [6.07, 6.45) is 1.83. The minimum atomic E-state index is 0. The third-order valence-electron chi connectivity index (χ3n) is 4.50. The average molecular weight is 486 g/mol. The fraction of sp³-hybridized carbons (Fsp3) is 0.368. The van der Waals surface area contributed by atoms with Crippen molar-refractivity contribution < 1.29 is 0 Å². The lowest BCUT2D eigenvalue weighted by Crippen LogP contribution is -2.52. The van der Waals surface area contributed by atoms with E-state index in [4.69, 9.17) is 11.6 Å². The summed E-state index contributed by atoms with van der Waals surface area (Å²) < 4.78 is 0. The number of hydrogen-bond acceptors (Lipinski definition) is 3. The summed E-state index contributed by atoms with van der Waals surface area (Å²) in [5.74, 6) is 0.927. The van der Waals surface area contributed by atoms with Crippen molar-refractivity contribution in [2.45, 2.75) is 13.5 Å². The average Bonchev–Trinajstić information content (AvgIpc) is 2.64. The van der Waals surface area contributed by atoms with Crippen LogP contribution in [0.15, 0.2) is 47.6 Å². The van der Waals surface area contributed by atoms with Gasteiger partial charge in [-0.2, -0.15) is 0 Å². The number of benzene rings is 1. The molecule has 1 aromatic heterocycles. The molecule has 1 fully saturated rings. The van der Waals surface area contributed by atoms with Crippen molar-refractivity contribution in [3.8, 4) is 0 Å². The molecule has 0 radical (unpaired) electrons. The molecule has 1 aliphatic rings. The van der Waals surface area contributed by atoms with E-state index in [2.05, 4.69) is 44.1 Å². The lowest BCUT2D eigenvalue weighted by Gasteiger charge is -2.37. The molecule has 1 aromatic carbocycles. The highest BCUT2D eigenvalue weighted by Gasteiger charge is 2.20. The normalized spacial score (nSPS) is 14.8. The number of aromatic nitrogens is 1. The zero-order valence-corrected chi connectivity index (χ0v) is 18.2. The number of nitrogens with zero attached hydrogens (tertiary/aromatic N) is 4. The second-order valence-corrected chi connectivity index (χ2v) is 6.56. The largest absolute Gasteiger partial charge is 0.368 e.